The van der Waals surface area contributed by atoms with Gasteiger partial charge in [0.25, 0.3) is 0 Å². The van der Waals surface area contributed by atoms with Gasteiger partial charge in [0.2, 0.25) is 0 Å². The number of anilines is 1. The van der Waals surface area contributed by atoms with Gasteiger partial charge in [0, 0.05) is 18.8 Å². The first-order valence-electron chi connectivity index (χ1n) is 7.51. The SMILES string of the molecule is Cc1ccc(F)cc1C(CN)N1CCCc2ccccc21. The van der Waals surface area contributed by atoms with Crippen LogP contribution < -0.4 is 10.6 Å². The van der Waals surface area contributed by atoms with Gasteiger partial charge < -0.3 is 10.6 Å². The summed E-state index contributed by atoms with van der Waals surface area (Å²) >= 11 is 0. The van der Waals surface area contributed by atoms with Crippen molar-refractivity contribution in [3.63, 3.8) is 0 Å². The second-order valence-corrected chi connectivity index (χ2v) is 5.68. The third kappa shape index (κ3) is 2.66. The van der Waals surface area contributed by atoms with Gasteiger partial charge in [-0.05, 0) is 54.7 Å². The number of aryl methyl sites for hydroxylation is 2. The van der Waals surface area contributed by atoms with Crippen LogP contribution in [-0.4, -0.2) is 13.1 Å². The molecule has 0 aromatic heterocycles. The molecule has 2 N–H and O–H groups in total. The highest BCUT2D eigenvalue weighted by atomic mass is 19.1. The average molecular weight is 284 g/mol. The van der Waals surface area contributed by atoms with Gasteiger partial charge in [-0.2, -0.15) is 0 Å². The fourth-order valence-corrected chi connectivity index (χ4v) is 3.28. The molecule has 0 bridgehead atoms. The largest absolute Gasteiger partial charge is 0.363 e. The molecule has 1 aliphatic heterocycles. The predicted molar refractivity (Wildman–Crippen MR) is 85.0 cm³/mol. The van der Waals surface area contributed by atoms with E-state index in [-0.39, 0.29) is 11.9 Å². The van der Waals surface area contributed by atoms with Crippen LogP contribution in [0.25, 0.3) is 0 Å². The minimum atomic E-state index is -0.195. The number of benzene rings is 2. The number of halogens is 1. The van der Waals surface area contributed by atoms with Gasteiger partial charge in [0.05, 0.1) is 6.04 Å². The molecule has 0 fully saturated rings. The maximum Gasteiger partial charge on any atom is 0.123 e. The minimum absolute atomic E-state index is 0.0298. The van der Waals surface area contributed by atoms with E-state index in [1.807, 2.05) is 13.0 Å². The Labute approximate surface area is 125 Å². The number of rotatable bonds is 3. The summed E-state index contributed by atoms with van der Waals surface area (Å²) in [6.07, 6.45) is 2.22. The van der Waals surface area contributed by atoms with Crippen LogP contribution >= 0.6 is 0 Å². The lowest BCUT2D eigenvalue weighted by Gasteiger charge is -2.38. The van der Waals surface area contributed by atoms with Crippen molar-refractivity contribution in [3.8, 4) is 0 Å². The molecule has 21 heavy (non-hydrogen) atoms. The van der Waals surface area contributed by atoms with Crippen molar-refractivity contribution in [2.24, 2.45) is 5.73 Å². The molecule has 0 amide bonds. The summed E-state index contributed by atoms with van der Waals surface area (Å²) in [5.74, 6) is -0.195. The van der Waals surface area contributed by atoms with Crippen LogP contribution in [0.2, 0.25) is 0 Å². The molecule has 3 heteroatoms. The molecule has 0 saturated carbocycles. The highest BCUT2D eigenvalue weighted by molar-refractivity contribution is 5.57. The predicted octanol–water partition coefficient (Wildman–Crippen LogP) is 3.59. The van der Waals surface area contributed by atoms with Crippen molar-refractivity contribution in [2.45, 2.75) is 25.8 Å². The summed E-state index contributed by atoms with van der Waals surface area (Å²) in [5, 5.41) is 0. The van der Waals surface area contributed by atoms with Crippen LogP contribution in [0.1, 0.15) is 29.2 Å². The van der Waals surface area contributed by atoms with Gasteiger partial charge in [-0.25, -0.2) is 4.39 Å². The third-order valence-electron chi connectivity index (χ3n) is 4.35. The number of hydrogen-bond donors (Lipinski definition) is 1. The Hall–Kier alpha value is -1.87. The molecule has 0 spiro atoms. The topological polar surface area (TPSA) is 29.3 Å². The average Bonchev–Trinajstić information content (AvgIpc) is 2.51. The van der Waals surface area contributed by atoms with E-state index >= 15 is 0 Å². The van der Waals surface area contributed by atoms with Crippen molar-refractivity contribution in [3.05, 3.63) is 65.0 Å². The Morgan fingerprint density at radius 2 is 2.05 bits per heavy atom. The summed E-state index contributed by atoms with van der Waals surface area (Å²) in [5.41, 5.74) is 10.7. The Bertz CT molecular complexity index is 639. The second-order valence-electron chi connectivity index (χ2n) is 5.68. The van der Waals surface area contributed by atoms with Crippen LogP contribution in [0.5, 0.6) is 0 Å². The molecule has 2 aromatic carbocycles. The number of para-hydroxylation sites is 1. The van der Waals surface area contributed by atoms with Gasteiger partial charge in [-0.1, -0.05) is 24.3 Å². The van der Waals surface area contributed by atoms with Gasteiger partial charge in [0.15, 0.2) is 0 Å². The molecule has 0 aliphatic carbocycles. The van der Waals surface area contributed by atoms with Gasteiger partial charge in [-0.15, -0.1) is 0 Å². The van der Waals surface area contributed by atoms with Crippen molar-refractivity contribution in [2.75, 3.05) is 18.0 Å². The van der Waals surface area contributed by atoms with E-state index in [0.29, 0.717) is 6.54 Å². The van der Waals surface area contributed by atoms with Crippen LogP contribution in [-0.2, 0) is 6.42 Å². The van der Waals surface area contributed by atoms with Crippen LogP contribution in [0.15, 0.2) is 42.5 Å². The Morgan fingerprint density at radius 1 is 1.24 bits per heavy atom. The third-order valence-corrected chi connectivity index (χ3v) is 4.35. The lowest BCUT2D eigenvalue weighted by atomic mass is 9.95. The zero-order valence-electron chi connectivity index (χ0n) is 12.3. The number of nitrogens with zero attached hydrogens (tertiary/aromatic N) is 1. The highest BCUT2D eigenvalue weighted by Crippen LogP contribution is 2.34. The maximum atomic E-state index is 13.6. The molecule has 3 rings (SSSR count). The standard InChI is InChI=1S/C18H21FN2/c1-13-8-9-15(19)11-16(13)18(12-20)21-10-4-6-14-5-2-3-7-17(14)21/h2-3,5,7-9,11,18H,4,6,10,12,20H2,1H3. The lowest BCUT2D eigenvalue weighted by molar-refractivity contribution is 0.575. The fourth-order valence-electron chi connectivity index (χ4n) is 3.28. The molecule has 0 radical (unpaired) electrons. The number of fused-ring (bicyclic) bond motifs is 1. The molecular formula is C18H21FN2. The molecule has 1 atom stereocenters. The Morgan fingerprint density at radius 3 is 2.86 bits per heavy atom. The summed E-state index contributed by atoms with van der Waals surface area (Å²) in [7, 11) is 0. The number of nitrogens with two attached hydrogens (primary N) is 1. The molecule has 0 saturated heterocycles. The van der Waals surface area contributed by atoms with E-state index < -0.39 is 0 Å². The molecule has 110 valence electrons. The van der Waals surface area contributed by atoms with Gasteiger partial charge >= 0.3 is 0 Å². The zero-order valence-corrected chi connectivity index (χ0v) is 12.3. The van der Waals surface area contributed by atoms with E-state index in [0.717, 1.165) is 30.5 Å². The maximum absolute atomic E-state index is 13.6. The molecular weight excluding hydrogens is 263 g/mol. The van der Waals surface area contributed by atoms with Gasteiger partial charge in [-0.3, -0.25) is 0 Å². The zero-order chi connectivity index (χ0) is 14.8. The highest BCUT2D eigenvalue weighted by Gasteiger charge is 2.25. The first-order chi connectivity index (χ1) is 10.2. The first kappa shape index (κ1) is 14.1. The summed E-state index contributed by atoms with van der Waals surface area (Å²) < 4.78 is 13.6. The monoisotopic (exact) mass is 284 g/mol. The minimum Gasteiger partial charge on any atom is -0.363 e. The second kappa shape index (κ2) is 5.86. The molecule has 2 nitrogen and oxygen atoms in total. The van der Waals surface area contributed by atoms with Crippen LogP contribution in [0.4, 0.5) is 10.1 Å². The van der Waals surface area contributed by atoms with E-state index in [4.69, 9.17) is 5.73 Å². The van der Waals surface area contributed by atoms with E-state index in [2.05, 4.69) is 29.2 Å². The lowest BCUT2D eigenvalue weighted by Crippen LogP contribution is -2.37. The molecule has 1 unspecified atom stereocenters. The van der Waals surface area contributed by atoms with Crippen molar-refractivity contribution < 1.29 is 4.39 Å². The van der Waals surface area contributed by atoms with E-state index in [1.165, 1.54) is 17.3 Å². The summed E-state index contributed by atoms with van der Waals surface area (Å²) in [6, 6.07) is 13.5. The van der Waals surface area contributed by atoms with Crippen molar-refractivity contribution in [1.82, 2.24) is 0 Å². The van der Waals surface area contributed by atoms with Gasteiger partial charge in [0.1, 0.15) is 5.82 Å². The number of hydrogen-bond acceptors (Lipinski definition) is 2. The van der Waals surface area contributed by atoms with Crippen molar-refractivity contribution >= 4 is 5.69 Å². The van der Waals surface area contributed by atoms with E-state index in [1.54, 1.807) is 6.07 Å². The quantitative estimate of drug-likeness (QED) is 0.933. The van der Waals surface area contributed by atoms with Crippen LogP contribution in [0, 0.1) is 12.7 Å². The van der Waals surface area contributed by atoms with Crippen LogP contribution in [0.3, 0.4) is 0 Å². The fraction of sp³-hybridized carbons (Fsp3) is 0.333. The first-order valence-corrected chi connectivity index (χ1v) is 7.51. The normalized spacial score (nSPS) is 15.7. The molecule has 2 aromatic rings. The molecule has 1 heterocycles. The summed E-state index contributed by atoms with van der Waals surface area (Å²) in [6.45, 7) is 3.47. The van der Waals surface area contributed by atoms with E-state index in [9.17, 15) is 4.39 Å². The van der Waals surface area contributed by atoms with Crippen molar-refractivity contribution in [1.29, 1.82) is 0 Å². The Kier molecular flexibility index (Phi) is 3.93. The smallest absolute Gasteiger partial charge is 0.123 e. The summed E-state index contributed by atoms with van der Waals surface area (Å²) in [4.78, 5) is 2.33. The Balaban J connectivity index is 2.03. The molecule has 1 aliphatic rings.